The zero-order valence-electron chi connectivity index (χ0n) is 12.7. The van der Waals surface area contributed by atoms with Crippen molar-refractivity contribution in [3.05, 3.63) is 64.2 Å². The summed E-state index contributed by atoms with van der Waals surface area (Å²) in [4.78, 5) is 0. The minimum atomic E-state index is -0.436. The minimum Gasteiger partial charge on any atom is -0.489 e. The summed E-state index contributed by atoms with van der Waals surface area (Å²) >= 11 is 0. The van der Waals surface area contributed by atoms with Gasteiger partial charge < -0.3 is 9.84 Å². The molecule has 2 aromatic carbocycles. The van der Waals surface area contributed by atoms with Crippen molar-refractivity contribution < 1.29 is 9.84 Å². The van der Waals surface area contributed by atoms with E-state index in [1.165, 1.54) is 36.0 Å². The monoisotopic (exact) mass is 282 g/mol. The molecule has 21 heavy (non-hydrogen) atoms. The third-order valence-electron chi connectivity index (χ3n) is 4.24. The van der Waals surface area contributed by atoms with Crippen molar-refractivity contribution in [2.75, 3.05) is 0 Å². The fraction of sp³-hybridized carbons (Fsp3) is 0.368. The van der Waals surface area contributed by atoms with Crippen LogP contribution in [-0.2, 0) is 19.4 Å². The highest BCUT2D eigenvalue weighted by Crippen LogP contribution is 2.25. The van der Waals surface area contributed by atoms with Gasteiger partial charge in [-0.3, -0.25) is 0 Å². The quantitative estimate of drug-likeness (QED) is 0.914. The normalized spacial score (nSPS) is 14.8. The molecule has 1 aliphatic carbocycles. The highest BCUT2D eigenvalue weighted by molar-refractivity contribution is 5.38. The number of aliphatic hydroxyl groups is 1. The van der Waals surface area contributed by atoms with Crippen molar-refractivity contribution >= 4 is 0 Å². The number of aliphatic hydroxyl groups excluding tert-OH is 1. The summed E-state index contributed by atoms with van der Waals surface area (Å²) < 4.78 is 5.94. The van der Waals surface area contributed by atoms with Crippen molar-refractivity contribution in [3.63, 3.8) is 0 Å². The smallest absolute Gasteiger partial charge is 0.122 e. The van der Waals surface area contributed by atoms with Crippen molar-refractivity contribution in [2.45, 2.75) is 45.8 Å². The second-order valence-corrected chi connectivity index (χ2v) is 5.95. The molecule has 2 nitrogen and oxygen atoms in total. The van der Waals surface area contributed by atoms with Crippen molar-refractivity contribution in [1.82, 2.24) is 0 Å². The Balaban J connectivity index is 1.70. The molecule has 0 bridgehead atoms. The fourth-order valence-corrected chi connectivity index (χ4v) is 2.97. The highest BCUT2D eigenvalue weighted by atomic mass is 16.5. The molecule has 0 heterocycles. The molecule has 0 aliphatic heterocycles. The van der Waals surface area contributed by atoms with Gasteiger partial charge in [-0.05, 0) is 73.1 Å². The third-order valence-corrected chi connectivity index (χ3v) is 4.24. The SMILES string of the molecule is Cc1cc([C@@H](C)O)ccc1OCc1ccc2c(c1)CCC2. The molecule has 0 radical (unpaired) electrons. The van der Waals surface area contributed by atoms with Crippen molar-refractivity contribution in [2.24, 2.45) is 0 Å². The second kappa shape index (κ2) is 5.90. The summed E-state index contributed by atoms with van der Waals surface area (Å²) in [7, 11) is 0. The van der Waals surface area contributed by atoms with Crippen LogP contribution in [0.2, 0.25) is 0 Å². The Morgan fingerprint density at radius 3 is 2.67 bits per heavy atom. The van der Waals surface area contributed by atoms with Gasteiger partial charge in [0.1, 0.15) is 12.4 Å². The zero-order valence-corrected chi connectivity index (χ0v) is 12.7. The molecular weight excluding hydrogens is 260 g/mol. The van der Waals surface area contributed by atoms with Crippen LogP contribution in [-0.4, -0.2) is 5.11 Å². The Hall–Kier alpha value is -1.80. The molecule has 0 spiro atoms. The van der Waals surface area contributed by atoms with E-state index in [4.69, 9.17) is 4.74 Å². The van der Waals surface area contributed by atoms with Crippen LogP contribution in [0.15, 0.2) is 36.4 Å². The lowest BCUT2D eigenvalue weighted by Gasteiger charge is -2.12. The van der Waals surface area contributed by atoms with Crippen LogP contribution in [0.5, 0.6) is 5.75 Å². The van der Waals surface area contributed by atoms with Crippen LogP contribution in [0, 0.1) is 6.92 Å². The third kappa shape index (κ3) is 3.11. The summed E-state index contributed by atoms with van der Waals surface area (Å²) in [5.74, 6) is 0.889. The number of hydrogen-bond acceptors (Lipinski definition) is 2. The lowest BCUT2D eigenvalue weighted by atomic mass is 10.1. The number of ether oxygens (including phenoxy) is 1. The molecule has 0 unspecified atom stereocenters. The maximum absolute atomic E-state index is 9.60. The van der Waals surface area contributed by atoms with E-state index in [-0.39, 0.29) is 0 Å². The molecule has 3 rings (SSSR count). The van der Waals surface area contributed by atoms with E-state index in [1.807, 2.05) is 25.1 Å². The first-order valence-electron chi connectivity index (χ1n) is 7.65. The number of rotatable bonds is 4. The molecule has 0 saturated heterocycles. The summed E-state index contributed by atoms with van der Waals surface area (Å²) in [5, 5.41) is 9.60. The van der Waals surface area contributed by atoms with Gasteiger partial charge in [0.25, 0.3) is 0 Å². The van der Waals surface area contributed by atoms with Crippen LogP contribution >= 0.6 is 0 Å². The molecule has 1 N–H and O–H groups in total. The summed E-state index contributed by atoms with van der Waals surface area (Å²) in [5.41, 5.74) is 6.20. The molecule has 0 amide bonds. The Morgan fingerprint density at radius 1 is 1.10 bits per heavy atom. The van der Waals surface area contributed by atoms with Gasteiger partial charge in [-0.1, -0.05) is 24.3 Å². The first-order valence-corrected chi connectivity index (χ1v) is 7.65. The van der Waals surface area contributed by atoms with E-state index < -0.39 is 6.10 Å². The maximum atomic E-state index is 9.60. The van der Waals surface area contributed by atoms with Gasteiger partial charge in [0.2, 0.25) is 0 Å². The van der Waals surface area contributed by atoms with Crippen molar-refractivity contribution in [1.29, 1.82) is 0 Å². The number of aryl methyl sites for hydroxylation is 3. The van der Waals surface area contributed by atoms with Crippen molar-refractivity contribution in [3.8, 4) is 5.75 Å². The molecule has 2 heteroatoms. The number of hydrogen-bond donors (Lipinski definition) is 1. The van der Waals surface area contributed by atoms with Gasteiger partial charge in [-0.2, -0.15) is 0 Å². The van der Waals surface area contributed by atoms with E-state index in [1.54, 1.807) is 6.92 Å². The first-order chi connectivity index (χ1) is 10.1. The van der Waals surface area contributed by atoms with Crippen LogP contribution < -0.4 is 4.74 Å². The van der Waals surface area contributed by atoms with Gasteiger partial charge >= 0.3 is 0 Å². The van der Waals surface area contributed by atoms with E-state index in [9.17, 15) is 5.11 Å². The average Bonchev–Trinajstić information content (AvgIpc) is 2.93. The molecule has 0 aromatic heterocycles. The van der Waals surface area contributed by atoms with Crippen LogP contribution in [0.3, 0.4) is 0 Å². The molecule has 110 valence electrons. The molecule has 2 aromatic rings. The second-order valence-electron chi connectivity index (χ2n) is 5.95. The lowest BCUT2D eigenvalue weighted by molar-refractivity contribution is 0.199. The van der Waals surface area contributed by atoms with Gasteiger partial charge in [-0.25, -0.2) is 0 Å². The topological polar surface area (TPSA) is 29.5 Å². The van der Waals surface area contributed by atoms with Crippen LogP contribution in [0.25, 0.3) is 0 Å². The molecular formula is C19H22O2. The Bertz CT molecular complexity index is 644. The average molecular weight is 282 g/mol. The zero-order chi connectivity index (χ0) is 14.8. The van der Waals surface area contributed by atoms with Crippen LogP contribution in [0.1, 0.15) is 47.3 Å². The van der Waals surface area contributed by atoms with Gasteiger partial charge in [0.05, 0.1) is 6.10 Å². The summed E-state index contributed by atoms with van der Waals surface area (Å²) in [6.07, 6.45) is 3.26. The Kier molecular flexibility index (Phi) is 3.98. The molecule has 1 atom stereocenters. The predicted molar refractivity (Wildman–Crippen MR) is 84.6 cm³/mol. The van der Waals surface area contributed by atoms with E-state index >= 15 is 0 Å². The van der Waals surface area contributed by atoms with Gasteiger partial charge in [0, 0.05) is 0 Å². The first kappa shape index (κ1) is 14.2. The lowest BCUT2D eigenvalue weighted by Crippen LogP contribution is -1.99. The largest absolute Gasteiger partial charge is 0.489 e. The Labute approximate surface area is 126 Å². The van der Waals surface area contributed by atoms with Gasteiger partial charge in [-0.15, -0.1) is 0 Å². The molecule has 0 saturated carbocycles. The van der Waals surface area contributed by atoms with E-state index in [0.717, 1.165) is 16.9 Å². The summed E-state index contributed by atoms with van der Waals surface area (Å²) in [6.45, 7) is 4.39. The number of fused-ring (bicyclic) bond motifs is 1. The molecule has 0 fully saturated rings. The van der Waals surface area contributed by atoms with E-state index in [2.05, 4.69) is 18.2 Å². The Morgan fingerprint density at radius 2 is 1.90 bits per heavy atom. The van der Waals surface area contributed by atoms with Crippen LogP contribution in [0.4, 0.5) is 0 Å². The van der Waals surface area contributed by atoms with Gasteiger partial charge in [0.15, 0.2) is 0 Å². The summed E-state index contributed by atoms with van der Waals surface area (Å²) in [6, 6.07) is 12.6. The maximum Gasteiger partial charge on any atom is 0.122 e. The fourth-order valence-electron chi connectivity index (χ4n) is 2.97. The predicted octanol–water partition coefficient (Wildman–Crippen LogP) is 4.12. The number of benzene rings is 2. The highest BCUT2D eigenvalue weighted by Gasteiger charge is 2.11. The minimum absolute atomic E-state index is 0.436. The molecule has 1 aliphatic rings. The standard InChI is InChI=1S/C19H22O2/c1-13-10-17(14(2)20)8-9-19(13)21-12-15-6-7-16-4-3-5-18(16)11-15/h6-11,14,20H,3-5,12H2,1-2H3/t14-/m1/s1. The van der Waals surface area contributed by atoms with E-state index in [0.29, 0.717) is 6.61 Å².